The molecule has 1 aliphatic carbocycles. The largest absolute Gasteiger partial charge is 1.00 e. The van der Waals surface area contributed by atoms with Gasteiger partial charge in [-0.15, -0.1) is 0 Å². The van der Waals surface area contributed by atoms with Crippen LogP contribution in [0.2, 0.25) is 10.6 Å². The van der Waals surface area contributed by atoms with Crippen LogP contribution in [0, 0.1) is 0 Å². The van der Waals surface area contributed by atoms with Crippen molar-refractivity contribution < 1.29 is 89.9 Å². The Morgan fingerprint density at radius 2 is 1.47 bits per heavy atom. The van der Waals surface area contributed by atoms with E-state index in [1.165, 1.54) is 0 Å². The number of fused-ring (bicyclic) bond motifs is 1. The molecule has 2 aromatic carbocycles. The summed E-state index contributed by atoms with van der Waals surface area (Å²) in [4.78, 5) is 22.6. The molecule has 0 spiro atoms. The number of carbonyl (C=O) groups excluding carboxylic acids is 1. The molecule has 0 unspecified atom stereocenters. The third kappa shape index (κ3) is 7.59. The number of hydrogen-bond donors (Lipinski definition) is 2. The van der Waals surface area contributed by atoms with E-state index in [1.54, 1.807) is 30.3 Å². The van der Waals surface area contributed by atoms with Gasteiger partial charge < -0.3 is 14.4 Å². The molecule has 0 bridgehead atoms. The second-order valence-corrected chi connectivity index (χ2v) is 10.3. The van der Waals surface area contributed by atoms with Gasteiger partial charge >= 0.3 is 59.1 Å². The zero-order chi connectivity index (χ0) is 26.3. The Kier molecular flexibility index (Phi) is 11.0. The van der Waals surface area contributed by atoms with Crippen molar-refractivity contribution in [2.75, 3.05) is 10.7 Å². The summed E-state index contributed by atoms with van der Waals surface area (Å²) >= 11 is 11.5. The monoisotopic (exact) mass is 614 g/mol. The fourth-order valence-electron chi connectivity index (χ4n) is 3.12. The van der Waals surface area contributed by atoms with Crippen molar-refractivity contribution in [2.45, 2.75) is 4.90 Å². The molecule has 186 valence electrons. The first-order chi connectivity index (χ1) is 16.8. The predicted molar refractivity (Wildman–Crippen MR) is 127 cm³/mol. The maximum Gasteiger partial charge on any atom is 1.00 e. The number of hydrogen-bond acceptors (Lipinski definition) is 13. The number of rotatable bonds is 6. The Bertz CT molecular complexity index is 1670. The number of para-hydroxylation sites is 1. The van der Waals surface area contributed by atoms with E-state index in [1.807, 2.05) is 0 Å². The van der Waals surface area contributed by atoms with Crippen LogP contribution in [-0.2, 0) is 20.2 Å². The number of anilines is 3. The molecule has 13 nitrogen and oxygen atoms in total. The van der Waals surface area contributed by atoms with Crippen LogP contribution in [0.15, 0.2) is 57.4 Å². The molecule has 4 rings (SSSR count). The summed E-state index contributed by atoms with van der Waals surface area (Å²) in [5.74, 6) is -1.42. The maximum absolute atomic E-state index is 13.4. The molecule has 38 heavy (non-hydrogen) atoms. The number of nitrogens with one attached hydrogen (secondary N) is 2. The van der Waals surface area contributed by atoms with Crippen molar-refractivity contribution in [1.29, 1.82) is 0 Å². The molecule has 0 amide bonds. The summed E-state index contributed by atoms with van der Waals surface area (Å²) in [6, 6.07) is 9.66. The Morgan fingerprint density at radius 1 is 0.868 bits per heavy atom. The van der Waals surface area contributed by atoms with Gasteiger partial charge in [-0.2, -0.15) is 20.1 Å². The van der Waals surface area contributed by atoms with Crippen molar-refractivity contribution in [3.63, 3.8) is 0 Å². The number of nitrogens with zero attached hydrogens (tertiary/aromatic N) is 4. The summed E-state index contributed by atoms with van der Waals surface area (Å²) in [5, 5.41) is 5.63. The van der Waals surface area contributed by atoms with Crippen LogP contribution in [0.1, 0.15) is 15.9 Å². The number of ketones is 1. The van der Waals surface area contributed by atoms with Gasteiger partial charge in [0.05, 0.1) is 26.7 Å². The SMILES string of the molecule is O=C1/C(=N/Nc2ccccc2)C(S(=O)(=O)[O-])=Cc2cc(S(=O)(=O)[O-])cc(Nc3nc(Cl)nc(Cl)n3)c21.[Na+].[Na+]. The second kappa shape index (κ2) is 12.8. The molecule has 0 saturated carbocycles. The van der Waals surface area contributed by atoms with Crippen molar-refractivity contribution in [2.24, 2.45) is 5.10 Å². The van der Waals surface area contributed by atoms with E-state index in [0.717, 1.165) is 18.2 Å². The molecular formula is C19H10Cl2N6Na2O7S2. The zero-order valence-electron chi connectivity index (χ0n) is 19.3. The molecule has 1 aliphatic rings. The van der Waals surface area contributed by atoms with Crippen LogP contribution in [0.25, 0.3) is 6.08 Å². The number of Topliss-reactive ketones (excluding diaryl/α,β-unsaturated/α-hetero) is 1. The number of allylic oxidation sites excluding steroid dienone is 1. The summed E-state index contributed by atoms with van der Waals surface area (Å²) in [7, 11) is -10.4. The van der Waals surface area contributed by atoms with Crippen molar-refractivity contribution in [1.82, 2.24) is 15.0 Å². The fraction of sp³-hybridized carbons (Fsp3) is 0. The van der Waals surface area contributed by atoms with Crippen LogP contribution in [0.3, 0.4) is 0 Å². The minimum absolute atomic E-state index is 0. The summed E-state index contributed by atoms with van der Waals surface area (Å²) in [5.41, 5.74) is 1.03. The van der Waals surface area contributed by atoms with E-state index in [4.69, 9.17) is 23.2 Å². The first-order valence-electron chi connectivity index (χ1n) is 9.42. The van der Waals surface area contributed by atoms with Crippen LogP contribution in [0.4, 0.5) is 17.3 Å². The van der Waals surface area contributed by atoms with Crippen LogP contribution in [0.5, 0.6) is 0 Å². The number of benzene rings is 2. The van der Waals surface area contributed by atoms with Gasteiger partial charge in [0.15, 0.2) is 0 Å². The first-order valence-corrected chi connectivity index (χ1v) is 13.0. The average molecular weight is 615 g/mol. The first kappa shape index (κ1) is 32.7. The minimum Gasteiger partial charge on any atom is -0.744 e. The quantitative estimate of drug-likeness (QED) is 0.157. The Hall–Kier alpha value is -1.47. The molecular weight excluding hydrogens is 605 g/mol. The van der Waals surface area contributed by atoms with Crippen molar-refractivity contribution in [3.05, 3.63) is 69.1 Å². The third-order valence-electron chi connectivity index (χ3n) is 4.56. The van der Waals surface area contributed by atoms with Crippen molar-refractivity contribution in [3.8, 4) is 0 Å². The Morgan fingerprint density at radius 3 is 2.03 bits per heavy atom. The Labute approximate surface area is 270 Å². The minimum atomic E-state index is -5.28. The molecule has 0 aliphatic heterocycles. The molecule has 1 heterocycles. The number of carbonyl (C=O) groups is 1. The maximum atomic E-state index is 13.4. The van der Waals surface area contributed by atoms with Gasteiger partial charge in [-0.3, -0.25) is 10.2 Å². The van der Waals surface area contributed by atoms with E-state index >= 15 is 0 Å². The number of hydrazone groups is 1. The molecule has 0 radical (unpaired) electrons. The molecule has 0 atom stereocenters. The third-order valence-corrected chi connectivity index (χ3v) is 6.56. The smallest absolute Gasteiger partial charge is 0.744 e. The molecule has 0 saturated heterocycles. The fourth-order valence-corrected chi connectivity index (χ4v) is 4.66. The van der Waals surface area contributed by atoms with Crippen LogP contribution < -0.4 is 69.9 Å². The van der Waals surface area contributed by atoms with E-state index in [2.05, 4.69) is 30.8 Å². The van der Waals surface area contributed by atoms with Gasteiger partial charge in [-0.05, 0) is 59.1 Å². The van der Waals surface area contributed by atoms with Crippen molar-refractivity contribution >= 4 is 78.3 Å². The molecule has 3 aromatic rings. The van der Waals surface area contributed by atoms with Gasteiger partial charge in [0.1, 0.15) is 25.9 Å². The predicted octanol–water partition coefficient (Wildman–Crippen LogP) is -3.62. The average Bonchev–Trinajstić information content (AvgIpc) is 2.76. The van der Waals surface area contributed by atoms with E-state index < -0.39 is 41.5 Å². The van der Waals surface area contributed by atoms with Gasteiger partial charge in [0.25, 0.3) is 0 Å². The standard InChI is InChI=1S/C19H12Cl2N6O7S2.2Na/c20-17-23-18(21)25-19(24-17)22-12-8-11(35(29,30)31)6-9-7-13(36(32,33)34)15(16(28)14(9)12)27-26-10-4-2-1-3-5-10;;/h1-8,26H,(H,29,30,31)(H,32,33,34)(H,22,23,24,25);;/q;2*+1/p-2/b27-15+;;. The Balaban J connectivity index is 0.00000253. The summed E-state index contributed by atoms with van der Waals surface area (Å²) in [6.45, 7) is 0. The van der Waals surface area contributed by atoms with Gasteiger partial charge in [-0.1, -0.05) is 18.2 Å². The second-order valence-electron chi connectivity index (χ2n) is 6.94. The van der Waals surface area contributed by atoms with Gasteiger partial charge in [0, 0.05) is 0 Å². The van der Waals surface area contributed by atoms with Crippen LogP contribution >= 0.6 is 23.2 Å². The normalized spacial score (nSPS) is 14.1. The summed E-state index contributed by atoms with van der Waals surface area (Å²) < 4.78 is 71.1. The number of halogens is 2. The number of aromatic nitrogens is 3. The van der Waals surface area contributed by atoms with E-state index in [0.29, 0.717) is 5.69 Å². The molecule has 19 heteroatoms. The topological polar surface area (TPSA) is 207 Å². The van der Waals surface area contributed by atoms with E-state index in [9.17, 15) is 30.7 Å². The van der Waals surface area contributed by atoms with Crippen LogP contribution in [-0.4, -0.2) is 52.4 Å². The zero-order valence-corrected chi connectivity index (χ0v) is 26.5. The molecule has 1 aromatic heterocycles. The van der Waals surface area contributed by atoms with Gasteiger partial charge in [-0.25, -0.2) is 16.8 Å². The molecule has 2 N–H and O–H groups in total. The summed E-state index contributed by atoms with van der Waals surface area (Å²) in [6.07, 6.45) is 0.734. The molecule has 0 fully saturated rings. The van der Waals surface area contributed by atoms with E-state index in [-0.39, 0.29) is 92.4 Å². The van der Waals surface area contributed by atoms with Gasteiger partial charge in [0.2, 0.25) is 22.3 Å².